The minimum Gasteiger partial charge on any atom is -0.309 e. The second kappa shape index (κ2) is 5.11. The quantitative estimate of drug-likeness (QED) is 0.915. The molecule has 1 aromatic heterocycles. The Balaban J connectivity index is 1.76. The first-order chi connectivity index (χ1) is 8.72. The van der Waals surface area contributed by atoms with Gasteiger partial charge in [0.05, 0.1) is 0 Å². The van der Waals surface area contributed by atoms with Crippen molar-refractivity contribution < 1.29 is 0 Å². The van der Waals surface area contributed by atoms with E-state index < -0.39 is 0 Å². The third-order valence-corrected chi connectivity index (χ3v) is 5.04. The van der Waals surface area contributed by atoms with Gasteiger partial charge in [-0.15, -0.1) is 11.3 Å². The van der Waals surface area contributed by atoms with Gasteiger partial charge in [0.15, 0.2) is 0 Å². The van der Waals surface area contributed by atoms with Gasteiger partial charge in [-0.3, -0.25) is 0 Å². The molecule has 1 aliphatic carbocycles. The lowest BCUT2D eigenvalue weighted by Gasteiger charge is -2.01. The number of aryl methyl sites for hydroxylation is 1. The first-order valence-electron chi connectivity index (χ1n) is 6.17. The number of nitrogens with one attached hydrogen (secondary N) is 1. The number of halogens is 1. The van der Waals surface area contributed by atoms with Crippen LogP contribution in [0.3, 0.4) is 0 Å². The molecule has 0 radical (unpaired) electrons. The zero-order valence-corrected chi connectivity index (χ0v) is 12.6. The molecule has 1 saturated carbocycles. The molecule has 0 saturated heterocycles. The SMILES string of the molecule is Cc1cc(-c2ncc(CNC3CC3)s2)ccc1Br. The van der Waals surface area contributed by atoms with E-state index in [9.17, 15) is 0 Å². The lowest BCUT2D eigenvalue weighted by atomic mass is 10.1. The van der Waals surface area contributed by atoms with E-state index in [0.29, 0.717) is 0 Å². The van der Waals surface area contributed by atoms with Crippen molar-refractivity contribution in [3.63, 3.8) is 0 Å². The summed E-state index contributed by atoms with van der Waals surface area (Å²) in [5.74, 6) is 0. The van der Waals surface area contributed by atoms with Crippen molar-refractivity contribution in [3.05, 3.63) is 39.3 Å². The van der Waals surface area contributed by atoms with Gasteiger partial charge >= 0.3 is 0 Å². The van der Waals surface area contributed by atoms with E-state index in [4.69, 9.17) is 0 Å². The molecule has 0 unspecified atom stereocenters. The summed E-state index contributed by atoms with van der Waals surface area (Å²) in [4.78, 5) is 5.84. The number of hydrogen-bond acceptors (Lipinski definition) is 3. The molecule has 1 aromatic carbocycles. The molecular weight excluding hydrogens is 308 g/mol. The van der Waals surface area contributed by atoms with Crippen LogP contribution in [0.1, 0.15) is 23.3 Å². The lowest BCUT2D eigenvalue weighted by molar-refractivity contribution is 0.694. The van der Waals surface area contributed by atoms with Gasteiger partial charge in [0.1, 0.15) is 5.01 Å². The van der Waals surface area contributed by atoms with Crippen molar-refractivity contribution in [1.29, 1.82) is 0 Å². The van der Waals surface area contributed by atoms with Crippen molar-refractivity contribution in [1.82, 2.24) is 10.3 Å². The molecule has 94 valence electrons. The molecule has 2 nitrogen and oxygen atoms in total. The molecule has 1 aliphatic rings. The van der Waals surface area contributed by atoms with Gasteiger partial charge in [0, 0.05) is 33.7 Å². The highest BCUT2D eigenvalue weighted by molar-refractivity contribution is 9.10. The van der Waals surface area contributed by atoms with Crippen molar-refractivity contribution in [3.8, 4) is 10.6 Å². The average Bonchev–Trinajstić information content (AvgIpc) is 3.08. The molecule has 1 heterocycles. The first kappa shape index (κ1) is 12.3. The maximum atomic E-state index is 4.52. The molecule has 2 aromatic rings. The summed E-state index contributed by atoms with van der Waals surface area (Å²) in [6.07, 6.45) is 4.65. The van der Waals surface area contributed by atoms with Gasteiger partial charge in [-0.25, -0.2) is 4.98 Å². The number of benzene rings is 1. The minimum absolute atomic E-state index is 0.755. The van der Waals surface area contributed by atoms with E-state index in [2.05, 4.69) is 51.4 Å². The third-order valence-electron chi connectivity index (χ3n) is 3.10. The number of thiazole rings is 1. The highest BCUT2D eigenvalue weighted by Crippen LogP contribution is 2.29. The molecule has 3 rings (SSSR count). The van der Waals surface area contributed by atoms with Gasteiger partial charge < -0.3 is 5.32 Å². The van der Waals surface area contributed by atoms with Crippen LogP contribution in [-0.2, 0) is 6.54 Å². The van der Waals surface area contributed by atoms with Crippen LogP contribution < -0.4 is 5.32 Å². The third kappa shape index (κ3) is 2.82. The van der Waals surface area contributed by atoms with Crippen molar-refractivity contribution in [2.75, 3.05) is 0 Å². The van der Waals surface area contributed by atoms with E-state index in [1.54, 1.807) is 11.3 Å². The summed E-state index contributed by atoms with van der Waals surface area (Å²) in [6, 6.07) is 7.15. The number of hydrogen-bond donors (Lipinski definition) is 1. The van der Waals surface area contributed by atoms with Crippen LogP contribution in [0.4, 0.5) is 0 Å². The van der Waals surface area contributed by atoms with Gasteiger partial charge in [0.2, 0.25) is 0 Å². The normalized spacial score (nSPS) is 15.0. The smallest absolute Gasteiger partial charge is 0.123 e. The van der Waals surface area contributed by atoms with Crippen LogP contribution in [0.2, 0.25) is 0 Å². The molecule has 0 amide bonds. The van der Waals surface area contributed by atoms with Crippen LogP contribution in [0.15, 0.2) is 28.9 Å². The fourth-order valence-corrected chi connectivity index (χ4v) is 2.94. The Morgan fingerprint density at radius 2 is 2.28 bits per heavy atom. The zero-order chi connectivity index (χ0) is 12.5. The second-order valence-corrected chi connectivity index (χ2v) is 6.72. The highest BCUT2D eigenvalue weighted by Gasteiger charge is 2.20. The Kier molecular flexibility index (Phi) is 3.50. The highest BCUT2D eigenvalue weighted by atomic mass is 79.9. The second-order valence-electron chi connectivity index (χ2n) is 4.75. The van der Waals surface area contributed by atoms with Gasteiger partial charge in [-0.2, -0.15) is 0 Å². The zero-order valence-electron chi connectivity index (χ0n) is 10.2. The van der Waals surface area contributed by atoms with Crippen LogP contribution in [0, 0.1) is 6.92 Å². The van der Waals surface area contributed by atoms with Crippen molar-refractivity contribution in [2.45, 2.75) is 32.4 Å². The van der Waals surface area contributed by atoms with E-state index in [1.165, 1.54) is 28.8 Å². The molecule has 4 heteroatoms. The Morgan fingerprint density at radius 1 is 1.44 bits per heavy atom. The Hall–Kier alpha value is -0.710. The summed E-state index contributed by atoms with van der Waals surface area (Å²) in [6.45, 7) is 3.06. The van der Waals surface area contributed by atoms with Crippen LogP contribution in [0.25, 0.3) is 10.6 Å². The summed E-state index contributed by atoms with van der Waals surface area (Å²) in [7, 11) is 0. The predicted octanol–water partition coefficient (Wildman–Crippen LogP) is 4.13. The van der Waals surface area contributed by atoms with Gasteiger partial charge in [0.25, 0.3) is 0 Å². The largest absolute Gasteiger partial charge is 0.309 e. The Bertz CT molecular complexity index is 561. The number of rotatable bonds is 4. The fourth-order valence-electron chi connectivity index (χ4n) is 1.83. The molecular formula is C14H15BrN2S. The number of aromatic nitrogens is 1. The van der Waals surface area contributed by atoms with E-state index in [-0.39, 0.29) is 0 Å². The van der Waals surface area contributed by atoms with Crippen molar-refractivity contribution in [2.24, 2.45) is 0 Å². The van der Waals surface area contributed by atoms with Crippen LogP contribution >= 0.6 is 27.3 Å². The van der Waals surface area contributed by atoms with Crippen LogP contribution in [0.5, 0.6) is 0 Å². The number of nitrogens with zero attached hydrogens (tertiary/aromatic N) is 1. The molecule has 0 aliphatic heterocycles. The summed E-state index contributed by atoms with van der Waals surface area (Å²) in [5, 5.41) is 4.63. The molecule has 0 bridgehead atoms. The first-order valence-corrected chi connectivity index (χ1v) is 7.78. The summed E-state index contributed by atoms with van der Waals surface area (Å²) < 4.78 is 1.15. The molecule has 0 atom stereocenters. The topological polar surface area (TPSA) is 24.9 Å². The summed E-state index contributed by atoms with van der Waals surface area (Å²) >= 11 is 5.31. The summed E-state index contributed by atoms with van der Waals surface area (Å²) in [5.41, 5.74) is 2.46. The predicted molar refractivity (Wildman–Crippen MR) is 79.8 cm³/mol. The van der Waals surface area contributed by atoms with Crippen LogP contribution in [-0.4, -0.2) is 11.0 Å². The maximum Gasteiger partial charge on any atom is 0.123 e. The van der Waals surface area contributed by atoms with Gasteiger partial charge in [-0.1, -0.05) is 22.0 Å². The monoisotopic (exact) mass is 322 g/mol. The minimum atomic E-state index is 0.755. The van der Waals surface area contributed by atoms with Crippen molar-refractivity contribution >= 4 is 27.3 Å². The molecule has 0 spiro atoms. The standard InChI is InChI=1S/C14H15BrN2S/c1-9-6-10(2-5-13(9)15)14-17-8-12(18-14)7-16-11-3-4-11/h2,5-6,8,11,16H,3-4,7H2,1H3. The van der Waals surface area contributed by atoms with E-state index in [1.807, 2.05) is 6.20 Å². The fraction of sp³-hybridized carbons (Fsp3) is 0.357. The molecule has 18 heavy (non-hydrogen) atoms. The van der Waals surface area contributed by atoms with Gasteiger partial charge in [-0.05, 0) is 37.5 Å². The van der Waals surface area contributed by atoms with E-state index in [0.717, 1.165) is 22.1 Å². The molecule has 1 N–H and O–H groups in total. The van der Waals surface area contributed by atoms with E-state index >= 15 is 0 Å². The maximum absolute atomic E-state index is 4.52. The molecule has 1 fully saturated rings. The Morgan fingerprint density at radius 3 is 3.00 bits per heavy atom. The lowest BCUT2D eigenvalue weighted by Crippen LogP contribution is -2.14. The Labute approximate surface area is 120 Å². The average molecular weight is 323 g/mol.